The summed E-state index contributed by atoms with van der Waals surface area (Å²) >= 11 is 5.85. The summed E-state index contributed by atoms with van der Waals surface area (Å²) in [7, 11) is -3.29. The highest BCUT2D eigenvalue weighted by Crippen LogP contribution is 2.19. The molecule has 0 radical (unpaired) electrons. The van der Waals surface area contributed by atoms with Gasteiger partial charge in [-0.2, -0.15) is 5.10 Å². The van der Waals surface area contributed by atoms with Crippen molar-refractivity contribution in [3.8, 4) is 0 Å². The first-order valence-electron chi connectivity index (χ1n) is 4.39. The number of nitrogens with zero attached hydrogens (tertiary/aromatic N) is 1. The molecule has 0 aromatic heterocycles. The fraction of sp³-hybridized carbons (Fsp3) is 0.111. The molecule has 1 rings (SSSR count). The molecule has 3 N–H and O–H groups in total. The van der Waals surface area contributed by atoms with Gasteiger partial charge in [0.25, 0.3) is 0 Å². The molecule has 0 atom stereocenters. The Kier molecular flexibility index (Phi) is 4.08. The molecule has 0 unspecified atom stereocenters. The van der Waals surface area contributed by atoms with Crippen LogP contribution in [0.15, 0.2) is 28.2 Å². The summed E-state index contributed by atoms with van der Waals surface area (Å²) < 4.78 is 22.5. The Hall–Kier alpha value is -1.60. The second-order valence-corrected chi connectivity index (χ2v) is 5.61. The molecule has 0 heterocycles. The quantitative estimate of drug-likeness (QED) is 0.628. The topological polar surface area (TPSA) is 102 Å². The minimum absolute atomic E-state index is 0.113. The summed E-state index contributed by atoms with van der Waals surface area (Å²) in [6.07, 6.45) is 2.35. The van der Waals surface area contributed by atoms with E-state index >= 15 is 0 Å². The van der Waals surface area contributed by atoms with Crippen LogP contribution in [0.4, 0.5) is 4.79 Å². The summed E-state index contributed by atoms with van der Waals surface area (Å²) in [5.41, 5.74) is 7.26. The van der Waals surface area contributed by atoms with E-state index in [0.29, 0.717) is 5.56 Å². The molecule has 0 aliphatic heterocycles. The van der Waals surface area contributed by atoms with Crippen molar-refractivity contribution in [1.29, 1.82) is 0 Å². The molecule has 1 aromatic carbocycles. The Morgan fingerprint density at radius 1 is 1.53 bits per heavy atom. The molecule has 0 aliphatic rings. The Bertz CT molecular complexity index is 569. The number of hydrogen-bond acceptors (Lipinski definition) is 4. The highest BCUT2D eigenvalue weighted by molar-refractivity contribution is 7.90. The number of amides is 2. The van der Waals surface area contributed by atoms with Crippen LogP contribution in [0.5, 0.6) is 0 Å². The van der Waals surface area contributed by atoms with Crippen molar-refractivity contribution in [1.82, 2.24) is 5.43 Å². The van der Waals surface area contributed by atoms with Crippen LogP contribution in [0.3, 0.4) is 0 Å². The van der Waals surface area contributed by atoms with Crippen molar-refractivity contribution < 1.29 is 13.2 Å². The van der Waals surface area contributed by atoms with Gasteiger partial charge in [0.1, 0.15) is 0 Å². The SMILES string of the molecule is CS(=O)(=O)c1ccc(C=NNC(N)=O)c(Cl)c1. The predicted molar refractivity (Wildman–Crippen MR) is 64.9 cm³/mol. The number of benzene rings is 1. The van der Waals surface area contributed by atoms with E-state index in [4.69, 9.17) is 17.3 Å². The first-order chi connectivity index (χ1) is 7.80. The zero-order chi connectivity index (χ0) is 13.1. The van der Waals surface area contributed by atoms with Crippen molar-refractivity contribution in [2.24, 2.45) is 10.8 Å². The molecular formula is C9H10ClN3O3S. The van der Waals surface area contributed by atoms with Gasteiger partial charge in [0.05, 0.1) is 16.1 Å². The molecule has 92 valence electrons. The third-order valence-corrected chi connectivity index (χ3v) is 3.22. The number of hydrogen-bond donors (Lipinski definition) is 2. The molecule has 0 saturated heterocycles. The average Bonchev–Trinajstić information content (AvgIpc) is 2.18. The van der Waals surface area contributed by atoms with Crippen LogP contribution in [0.25, 0.3) is 0 Å². The van der Waals surface area contributed by atoms with E-state index in [1.54, 1.807) is 0 Å². The fourth-order valence-corrected chi connectivity index (χ4v) is 1.95. The molecule has 0 aliphatic carbocycles. The number of halogens is 1. The van der Waals surface area contributed by atoms with E-state index in [-0.39, 0.29) is 9.92 Å². The molecule has 1 aromatic rings. The summed E-state index contributed by atoms with van der Waals surface area (Å²) in [4.78, 5) is 10.5. The van der Waals surface area contributed by atoms with Crippen molar-refractivity contribution in [3.63, 3.8) is 0 Å². The number of carbonyl (C=O) groups is 1. The zero-order valence-electron chi connectivity index (χ0n) is 8.84. The van der Waals surface area contributed by atoms with Crippen molar-refractivity contribution in [2.75, 3.05) is 6.26 Å². The summed E-state index contributed by atoms with van der Waals surface area (Å²) in [5, 5.41) is 3.72. The van der Waals surface area contributed by atoms with Crippen LogP contribution in [0.1, 0.15) is 5.56 Å². The van der Waals surface area contributed by atoms with Crippen LogP contribution >= 0.6 is 11.6 Å². The molecule has 0 bridgehead atoms. The fourth-order valence-electron chi connectivity index (χ4n) is 1.01. The summed E-state index contributed by atoms with van der Waals surface area (Å²) in [5.74, 6) is 0. The van der Waals surface area contributed by atoms with Gasteiger partial charge in [0.2, 0.25) is 0 Å². The third kappa shape index (κ3) is 4.04. The smallest absolute Gasteiger partial charge is 0.332 e. The zero-order valence-corrected chi connectivity index (χ0v) is 10.4. The van der Waals surface area contributed by atoms with Crippen molar-refractivity contribution >= 4 is 33.7 Å². The van der Waals surface area contributed by atoms with Gasteiger partial charge in [-0.1, -0.05) is 17.7 Å². The van der Waals surface area contributed by atoms with Gasteiger partial charge in [0.15, 0.2) is 9.84 Å². The number of carbonyl (C=O) groups excluding carboxylic acids is 1. The lowest BCUT2D eigenvalue weighted by Gasteiger charge is -2.01. The number of hydrazone groups is 1. The molecule has 2 amide bonds. The van der Waals surface area contributed by atoms with Crippen molar-refractivity contribution in [2.45, 2.75) is 4.90 Å². The highest BCUT2D eigenvalue weighted by Gasteiger charge is 2.08. The van der Waals surface area contributed by atoms with Crippen LogP contribution in [-0.4, -0.2) is 26.9 Å². The van der Waals surface area contributed by atoms with Gasteiger partial charge < -0.3 is 5.73 Å². The molecule has 0 spiro atoms. The molecular weight excluding hydrogens is 266 g/mol. The van der Waals surface area contributed by atoms with Crippen LogP contribution in [0, 0.1) is 0 Å². The summed E-state index contributed by atoms with van der Waals surface area (Å²) in [6, 6.07) is 3.38. The molecule has 0 saturated carbocycles. The van der Waals surface area contributed by atoms with E-state index in [1.807, 2.05) is 5.43 Å². The standard InChI is InChI=1S/C9H10ClN3O3S/c1-17(15,16)7-3-2-6(8(10)4-7)5-12-13-9(11)14/h2-5H,1H3,(H3,11,13,14). The van der Waals surface area contributed by atoms with E-state index in [9.17, 15) is 13.2 Å². The Morgan fingerprint density at radius 2 is 2.18 bits per heavy atom. The highest BCUT2D eigenvalue weighted by atomic mass is 35.5. The molecule has 0 fully saturated rings. The van der Waals surface area contributed by atoms with Gasteiger partial charge >= 0.3 is 6.03 Å². The second kappa shape index (κ2) is 5.15. The first-order valence-corrected chi connectivity index (χ1v) is 6.66. The van der Waals surface area contributed by atoms with E-state index < -0.39 is 15.9 Å². The van der Waals surface area contributed by atoms with E-state index in [1.165, 1.54) is 24.4 Å². The molecule has 6 nitrogen and oxygen atoms in total. The van der Waals surface area contributed by atoms with E-state index in [2.05, 4.69) is 5.10 Å². The van der Waals surface area contributed by atoms with Crippen molar-refractivity contribution in [3.05, 3.63) is 28.8 Å². The maximum absolute atomic E-state index is 11.2. The van der Waals surface area contributed by atoms with E-state index in [0.717, 1.165) is 6.26 Å². The monoisotopic (exact) mass is 275 g/mol. The number of urea groups is 1. The summed E-state index contributed by atoms with van der Waals surface area (Å²) in [6.45, 7) is 0. The minimum atomic E-state index is -3.29. The lowest BCUT2D eigenvalue weighted by Crippen LogP contribution is -2.24. The maximum Gasteiger partial charge on any atom is 0.332 e. The van der Waals surface area contributed by atoms with Gasteiger partial charge in [-0.25, -0.2) is 18.6 Å². The van der Waals surface area contributed by atoms with Gasteiger partial charge in [0, 0.05) is 11.8 Å². The average molecular weight is 276 g/mol. The van der Waals surface area contributed by atoms with Crippen LogP contribution in [-0.2, 0) is 9.84 Å². The van der Waals surface area contributed by atoms with Gasteiger partial charge in [-0.15, -0.1) is 0 Å². The van der Waals surface area contributed by atoms with Gasteiger partial charge in [-0.05, 0) is 12.1 Å². The number of nitrogens with two attached hydrogens (primary N) is 1. The second-order valence-electron chi connectivity index (χ2n) is 3.19. The maximum atomic E-state index is 11.2. The number of sulfone groups is 1. The predicted octanol–water partition coefficient (Wildman–Crippen LogP) is 0.746. The molecule has 8 heteroatoms. The Morgan fingerprint density at radius 3 is 2.65 bits per heavy atom. The van der Waals surface area contributed by atoms with Gasteiger partial charge in [-0.3, -0.25) is 0 Å². The number of primary amides is 1. The number of rotatable bonds is 3. The Balaban J connectivity index is 2.99. The normalized spacial score (nSPS) is 11.6. The third-order valence-electron chi connectivity index (χ3n) is 1.78. The first kappa shape index (κ1) is 13.5. The Labute approximate surface area is 103 Å². The van der Waals surface area contributed by atoms with Crippen LogP contribution in [0.2, 0.25) is 5.02 Å². The number of nitrogens with one attached hydrogen (secondary N) is 1. The lowest BCUT2D eigenvalue weighted by molar-refractivity contribution is 0.249. The lowest BCUT2D eigenvalue weighted by atomic mass is 10.2. The molecule has 17 heavy (non-hydrogen) atoms. The van der Waals surface area contributed by atoms with Crippen LogP contribution < -0.4 is 11.2 Å². The minimum Gasteiger partial charge on any atom is -0.350 e. The largest absolute Gasteiger partial charge is 0.350 e.